The van der Waals surface area contributed by atoms with Gasteiger partial charge in [0.2, 0.25) is 5.91 Å². The highest BCUT2D eigenvalue weighted by molar-refractivity contribution is 7.98. The van der Waals surface area contributed by atoms with E-state index in [4.69, 9.17) is 0 Å². The summed E-state index contributed by atoms with van der Waals surface area (Å²) in [6.07, 6.45) is 8.68. The lowest BCUT2D eigenvalue weighted by molar-refractivity contribution is -0.128. The van der Waals surface area contributed by atoms with Crippen LogP contribution in [0.15, 0.2) is 11.4 Å². The molecule has 1 N–H and O–H groups in total. The van der Waals surface area contributed by atoms with Crippen LogP contribution < -0.4 is 10.2 Å². The van der Waals surface area contributed by atoms with Crippen LogP contribution in [0.1, 0.15) is 37.7 Å². The van der Waals surface area contributed by atoms with Gasteiger partial charge in [-0.05, 0) is 31.9 Å². The third-order valence-electron chi connectivity index (χ3n) is 4.59. The van der Waals surface area contributed by atoms with Crippen LogP contribution >= 0.6 is 11.8 Å². The molecule has 1 amide bonds. The van der Waals surface area contributed by atoms with Gasteiger partial charge in [-0.3, -0.25) is 4.79 Å². The van der Waals surface area contributed by atoms with Crippen LogP contribution in [0.5, 0.6) is 0 Å². The van der Waals surface area contributed by atoms with E-state index in [-0.39, 0.29) is 17.9 Å². The normalized spacial score (nSPS) is 21.4. The summed E-state index contributed by atoms with van der Waals surface area (Å²) < 4.78 is 0. The predicted octanol–water partition coefficient (Wildman–Crippen LogP) is 1.96. The van der Waals surface area contributed by atoms with Crippen LogP contribution in [0, 0.1) is 17.2 Å². The summed E-state index contributed by atoms with van der Waals surface area (Å²) in [5, 5.41) is 13.1. The van der Waals surface area contributed by atoms with Gasteiger partial charge in [-0.2, -0.15) is 5.26 Å². The smallest absolute Gasteiger partial charge is 0.223 e. The van der Waals surface area contributed by atoms with Gasteiger partial charge in [0.05, 0.1) is 6.20 Å². The molecule has 1 aromatic rings. The zero-order valence-electron chi connectivity index (χ0n) is 13.3. The maximum atomic E-state index is 12.1. The lowest BCUT2D eigenvalue weighted by Crippen LogP contribution is -2.50. The molecule has 1 aliphatic carbocycles. The molecule has 0 spiro atoms. The van der Waals surface area contributed by atoms with E-state index in [1.54, 1.807) is 6.20 Å². The molecule has 1 unspecified atom stereocenters. The number of amides is 1. The molecule has 0 aromatic carbocycles. The lowest BCUT2D eigenvalue weighted by atomic mass is 9.84. The van der Waals surface area contributed by atoms with Gasteiger partial charge in [0.1, 0.15) is 11.6 Å². The molecular weight excluding hydrogens is 310 g/mol. The summed E-state index contributed by atoms with van der Waals surface area (Å²) in [5.74, 6) is 1.09. The van der Waals surface area contributed by atoms with Crippen molar-refractivity contribution in [2.45, 2.75) is 43.3 Å². The number of carbonyl (C=O) groups excluding carboxylic acids is 1. The third-order valence-corrected chi connectivity index (χ3v) is 5.15. The minimum Gasteiger partial charge on any atom is -0.353 e. The number of anilines is 1. The van der Waals surface area contributed by atoms with Crippen LogP contribution in [0.25, 0.3) is 0 Å². The Labute approximate surface area is 140 Å². The molecular formula is C16H21N5OS. The van der Waals surface area contributed by atoms with E-state index >= 15 is 0 Å². The average Bonchev–Trinajstić information content (AvgIpc) is 2.52. The topological polar surface area (TPSA) is 81.9 Å². The zero-order valence-corrected chi connectivity index (χ0v) is 14.1. The van der Waals surface area contributed by atoms with Gasteiger partial charge >= 0.3 is 0 Å². The Morgan fingerprint density at radius 3 is 2.91 bits per heavy atom. The van der Waals surface area contributed by atoms with Crippen molar-refractivity contribution in [3.05, 3.63) is 11.8 Å². The Morgan fingerprint density at radius 1 is 1.43 bits per heavy atom. The van der Waals surface area contributed by atoms with Gasteiger partial charge in [0, 0.05) is 25.0 Å². The van der Waals surface area contributed by atoms with Crippen molar-refractivity contribution in [2.75, 3.05) is 24.2 Å². The van der Waals surface area contributed by atoms with Crippen molar-refractivity contribution in [2.24, 2.45) is 5.92 Å². The first-order chi connectivity index (χ1) is 11.2. The first kappa shape index (κ1) is 16.1. The molecule has 6 nitrogen and oxygen atoms in total. The number of hydrogen-bond donors (Lipinski definition) is 1. The van der Waals surface area contributed by atoms with Crippen LogP contribution in [0.2, 0.25) is 0 Å². The van der Waals surface area contributed by atoms with Crippen molar-refractivity contribution in [1.29, 1.82) is 5.26 Å². The molecule has 23 heavy (non-hydrogen) atoms. The highest BCUT2D eigenvalue weighted by Crippen LogP contribution is 2.27. The molecule has 2 aliphatic rings. The first-order valence-electron chi connectivity index (χ1n) is 8.07. The van der Waals surface area contributed by atoms with Crippen molar-refractivity contribution >= 4 is 23.5 Å². The number of piperidine rings is 1. The number of carbonyl (C=O) groups is 1. The van der Waals surface area contributed by atoms with Gasteiger partial charge in [-0.25, -0.2) is 9.97 Å². The third kappa shape index (κ3) is 3.58. The van der Waals surface area contributed by atoms with Gasteiger partial charge in [0.15, 0.2) is 11.0 Å². The number of thioether (sulfide) groups is 1. The molecule has 2 heterocycles. The van der Waals surface area contributed by atoms with E-state index < -0.39 is 0 Å². The molecule has 1 saturated carbocycles. The summed E-state index contributed by atoms with van der Waals surface area (Å²) in [6.45, 7) is 1.56. The molecule has 1 saturated heterocycles. The Hall–Kier alpha value is -1.81. The number of aromatic nitrogens is 2. The van der Waals surface area contributed by atoms with Gasteiger partial charge in [-0.1, -0.05) is 18.2 Å². The summed E-state index contributed by atoms with van der Waals surface area (Å²) >= 11 is 1.46. The standard InChI is InChI=1S/C16H21N5OS/c1-23-16-18-9-12(8-17)14(20-16)21-7-3-6-13(10-21)19-15(22)11-4-2-5-11/h9,11,13H,2-7,10H2,1H3,(H,19,22). The molecule has 1 aromatic heterocycles. The maximum Gasteiger partial charge on any atom is 0.223 e. The van der Waals surface area contributed by atoms with E-state index in [9.17, 15) is 10.1 Å². The van der Waals surface area contributed by atoms with Crippen molar-refractivity contribution in [3.8, 4) is 6.07 Å². The van der Waals surface area contributed by atoms with Crippen molar-refractivity contribution < 1.29 is 4.79 Å². The van der Waals surface area contributed by atoms with E-state index in [0.29, 0.717) is 23.1 Å². The van der Waals surface area contributed by atoms with Crippen molar-refractivity contribution in [1.82, 2.24) is 15.3 Å². The van der Waals surface area contributed by atoms with E-state index in [0.717, 1.165) is 32.2 Å². The monoisotopic (exact) mass is 331 g/mol. The van der Waals surface area contributed by atoms with Crippen molar-refractivity contribution in [3.63, 3.8) is 0 Å². The SMILES string of the molecule is CSc1ncc(C#N)c(N2CCCC(NC(=O)C3CCC3)C2)n1. The molecule has 122 valence electrons. The van der Waals surface area contributed by atoms with Crippen LogP contribution in [-0.2, 0) is 4.79 Å². The van der Waals surface area contributed by atoms with E-state index in [2.05, 4.69) is 26.3 Å². The largest absolute Gasteiger partial charge is 0.353 e. The Kier molecular flexibility index (Phi) is 5.01. The predicted molar refractivity (Wildman–Crippen MR) is 89.2 cm³/mol. The number of nitriles is 1. The van der Waals surface area contributed by atoms with Crippen LogP contribution in [0.4, 0.5) is 5.82 Å². The minimum absolute atomic E-state index is 0.135. The number of hydrogen-bond acceptors (Lipinski definition) is 6. The van der Waals surface area contributed by atoms with E-state index in [1.807, 2.05) is 6.26 Å². The Bertz CT molecular complexity index is 625. The first-order valence-corrected chi connectivity index (χ1v) is 9.30. The van der Waals surface area contributed by atoms with Gasteiger partial charge < -0.3 is 10.2 Å². The average molecular weight is 331 g/mol. The number of rotatable bonds is 4. The second kappa shape index (κ2) is 7.18. The number of nitrogens with one attached hydrogen (secondary N) is 1. The summed E-state index contributed by atoms with van der Waals surface area (Å²) in [6, 6.07) is 2.31. The number of nitrogens with zero attached hydrogens (tertiary/aromatic N) is 4. The quantitative estimate of drug-likeness (QED) is 0.671. The second-order valence-electron chi connectivity index (χ2n) is 6.13. The van der Waals surface area contributed by atoms with E-state index in [1.165, 1.54) is 18.2 Å². The van der Waals surface area contributed by atoms with Crippen LogP contribution in [0.3, 0.4) is 0 Å². The fraction of sp³-hybridized carbons (Fsp3) is 0.625. The maximum absolute atomic E-state index is 12.1. The lowest BCUT2D eigenvalue weighted by Gasteiger charge is -2.35. The summed E-state index contributed by atoms with van der Waals surface area (Å²) in [7, 11) is 0. The highest BCUT2D eigenvalue weighted by Gasteiger charge is 2.29. The highest BCUT2D eigenvalue weighted by atomic mass is 32.2. The molecule has 1 atom stereocenters. The molecule has 1 aliphatic heterocycles. The summed E-state index contributed by atoms with van der Waals surface area (Å²) in [5.41, 5.74) is 0.494. The fourth-order valence-electron chi connectivity index (χ4n) is 3.05. The zero-order chi connectivity index (χ0) is 16.2. The Balaban J connectivity index is 1.70. The molecule has 7 heteroatoms. The minimum atomic E-state index is 0.135. The fourth-order valence-corrected chi connectivity index (χ4v) is 3.39. The Morgan fingerprint density at radius 2 is 2.26 bits per heavy atom. The molecule has 3 rings (SSSR count). The van der Waals surface area contributed by atoms with Gasteiger partial charge in [-0.15, -0.1) is 0 Å². The van der Waals surface area contributed by atoms with Gasteiger partial charge in [0.25, 0.3) is 0 Å². The molecule has 2 fully saturated rings. The molecule has 0 bridgehead atoms. The summed E-state index contributed by atoms with van der Waals surface area (Å²) in [4.78, 5) is 22.9. The van der Waals surface area contributed by atoms with Crippen LogP contribution in [-0.4, -0.2) is 41.3 Å². The molecule has 0 radical (unpaired) electrons. The second-order valence-corrected chi connectivity index (χ2v) is 6.90.